The summed E-state index contributed by atoms with van der Waals surface area (Å²) < 4.78 is 21.3. The Morgan fingerprint density at radius 3 is 1.00 bits per heavy atom. The Labute approximate surface area is 287 Å². The molecule has 2 aromatic carbocycles. The van der Waals surface area contributed by atoms with Gasteiger partial charge in [0, 0.05) is 0 Å². The summed E-state index contributed by atoms with van der Waals surface area (Å²) in [6, 6.07) is 11.0. The van der Waals surface area contributed by atoms with E-state index in [1.54, 1.807) is 95.2 Å². The van der Waals surface area contributed by atoms with Crippen LogP contribution in [0, 0.1) is 0 Å². The van der Waals surface area contributed by atoms with Crippen LogP contribution in [-0.2, 0) is 25.4 Å². The molecule has 0 saturated heterocycles. The molecule has 3 rings (SSSR count). The van der Waals surface area contributed by atoms with Gasteiger partial charge in [0.1, 0.15) is 22.4 Å². The van der Waals surface area contributed by atoms with Gasteiger partial charge < -0.3 is 18.9 Å². The second kappa shape index (κ2) is 14.5. The summed E-state index contributed by atoms with van der Waals surface area (Å²) >= 11 is 0. The number of benzene rings is 2. The van der Waals surface area contributed by atoms with E-state index in [0.717, 1.165) is 22.3 Å². The monoisotopic (exact) mass is 680 g/mol. The van der Waals surface area contributed by atoms with Crippen molar-refractivity contribution in [1.82, 2.24) is 21.3 Å². The first kappa shape index (κ1) is 38.3. The van der Waals surface area contributed by atoms with E-state index < -0.39 is 46.8 Å². The molecule has 0 heterocycles. The summed E-state index contributed by atoms with van der Waals surface area (Å²) in [7, 11) is 0. The van der Waals surface area contributed by atoms with Gasteiger partial charge in [0.15, 0.2) is 0 Å². The molecule has 14 nitrogen and oxygen atoms in total. The maximum Gasteiger partial charge on any atom is 0.414 e. The second-order valence-electron chi connectivity index (χ2n) is 15.3. The number of aliphatic imine (C=N–C) groups is 2. The van der Waals surface area contributed by atoms with E-state index >= 15 is 0 Å². The van der Waals surface area contributed by atoms with Crippen molar-refractivity contribution in [2.75, 3.05) is 0 Å². The molecule has 1 aliphatic carbocycles. The van der Waals surface area contributed by atoms with Crippen LogP contribution >= 0.6 is 0 Å². The Morgan fingerprint density at radius 1 is 0.490 bits per heavy atom. The number of hydrogen-bond acceptors (Lipinski definition) is 10. The van der Waals surface area contributed by atoms with Crippen molar-refractivity contribution in [2.24, 2.45) is 9.98 Å². The fraction of sp³-hybridized carbons (Fsp3) is 0.486. The molecule has 4 amide bonds. The molecule has 2 aromatic rings. The number of hydrogen-bond donors (Lipinski definition) is 4. The van der Waals surface area contributed by atoms with E-state index in [4.69, 9.17) is 18.9 Å². The highest BCUT2D eigenvalue weighted by atomic mass is 16.6. The van der Waals surface area contributed by atoms with Crippen molar-refractivity contribution in [3.63, 3.8) is 0 Å². The highest BCUT2D eigenvalue weighted by Gasteiger charge is 2.24. The van der Waals surface area contributed by atoms with Gasteiger partial charge in [0.2, 0.25) is 11.9 Å². The molecule has 0 saturated carbocycles. The van der Waals surface area contributed by atoms with Crippen LogP contribution in [0.1, 0.15) is 94.2 Å². The fourth-order valence-corrected chi connectivity index (χ4v) is 4.36. The molecule has 49 heavy (non-hydrogen) atoms. The van der Waals surface area contributed by atoms with Crippen molar-refractivity contribution in [3.05, 3.63) is 47.5 Å². The average molecular weight is 681 g/mol. The van der Waals surface area contributed by atoms with Crippen LogP contribution in [0.4, 0.5) is 30.6 Å². The molecular formula is C35H48N6O8. The molecule has 0 atom stereocenters. The van der Waals surface area contributed by atoms with Gasteiger partial charge in [-0.25, -0.2) is 29.2 Å². The maximum atomic E-state index is 12.5. The van der Waals surface area contributed by atoms with Crippen molar-refractivity contribution in [1.29, 1.82) is 0 Å². The van der Waals surface area contributed by atoms with Crippen LogP contribution in [0.25, 0.3) is 11.1 Å². The topological polar surface area (TPSA) is 178 Å². The van der Waals surface area contributed by atoms with Gasteiger partial charge in [-0.15, -0.1) is 0 Å². The fourth-order valence-electron chi connectivity index (χ4n) is 4.36. The second-order valence-corrected chi connectivity index (χ2v) is 15.3. The number of ether oxygens (including phenoxy) is 4. The lowest BCUT2D eigenvalue weighted by Crippen LogP contribution is -2.47. The predicted molar refractivity (Wildman–Crippen MR) is 186 cm³/mol. The number of amides is 4. The minimum Gasteiger partial charge on any atom is -0.444 e. The molecule has 0 bridgehead atoms. The lowest BCUT2D eigenvalue weighted by atomic mass is 10.1. The largest absolute Gasteiger partial charge is 0.444 e. The zero-order chi connectivity index (χ0) is 36.9. The quantitative estimate of drug-likeness (QED) is 0.123. The molecule has 0 aliphatic heterocycles. The van der Waals surface area contributed by atoms with E-state index in [2.05, 4.69) is 31.3 Å². The highest BCUT2D eigenvalue weighted by molar-refractivity contribution is 6.03. The van der Waals surface area contributed by atoms with Crippen molar-refractivity contribution >= 4 is 47.7 Å². The third kappa shape index (κ3) is 13.5. The Morgan fingerprint density at radius 2 is 0.755 bits per heavy atom. The molecule has 0 radical (unpaired) electrons. The molecule has 0 unspecified atom stereocenters. The molecule has 0 spiro atoms. The van der Waals surface area contributed by atoms with Gasteiger partial charge in [-0.1, -0.05) is 12.1 Å². The summed E-state index contributed by atoms with van der Waals surface area (Å²) in [5.41, 5.74) is 1.60. The molecule has 14 heteroatoms. The standard InChI is InChI=1S/C35H48N6O8/c1-32(2,3)46-28(42)38-26(39-29(43)47-33(4,5)6)36-22-13-15-24-20(18-22)17-21-19-23(14-16-25(21)24)37-27(40-30(44)48-34(7,8)9)41-31(45)49-35(10,11)12/h13-16,18-19H,17H2,1-12H3,(H2,36,38,39,42,43)(H2,37,40,41,44,45). The maximum absolute atomic E-state index is 12.5. The van der Waals surface area contributed by atoms with Gasteiger partial charge in [-0.05, 0) is 136 Å². The summed E-state index contributed by atoms with van der Waals surface area (Å²) in [6.07, 6.45) is -2.69. The third-order valence-electron chi connectivity index (χ3n) is 5.81. The Balaban J connectivity index is 1.89. The van der Waals surface area contributed by atoms with Crippen LogP contribution < -0.4 is 21.3 Å². The lowest BCUT2D eigenvalue weighted by molar-refractivity contribution is 0.0521. The van der Waals surface area contributed by atoms with E-state index in [1.165, 1.54) is 0 Å². The predicted octanol–water partition coefficient (Wildman–Crippen LogP) is 7.33. The molecular weight excluding hydrogens is 632 g/mol. The number of rotatable bonds is 2. The molecule has 4 N–H and O–H groups in total. The zero-order valence-electron chi connectivity index (χ0n) is 30.3. The van der Waals surface area contributed by atoms with Gasteiger partial charge in [-0.3, -0.25) is 21.3 Å². The Bertz CT molecular complexity index is 1470. The van der Waals surface area contributed by atoms with E-state index in [0.29, 0.717) is 17.8 Å². The van der Waals surface area contributed by atoms with E-state index in [-0.39, 0.29) is 11.9 Å². The first-order valence-corrected chi connectivity index (χ1v) is 15.8. The third-order valence-corrected chi connectivity index (χ3v) is 5.81. The van der Waals surface area contributed by atoms with Crippen LogP contribution in [-0.4, -0.2) is 58.7 Å². The van der Waals surface area contributed by atoms with E-state index in [1.807, 2.05) is 24.3 Å². The normalized spacial score (nSPS) is 12.3. The van der Waals surface area contributed by atoms with Crippen molar-refractivity contribution in [3.8, 4) is 11.1 Å². The number of nitrogens with zero attached hydrogens (tertiary/aromatic N) is 2. The molecule has 0 aromatic heterocycles. The summed E-state index contributed by atoms with van der Waals surface area (Å²) in [4.78, 5) is 59.1. The van der Waals surface area contributed by atoms with Gasteiger partial charge >= 0.3 is 24.4 Å². The highest BCUT2D eigenvalue weighted by Crippen LogP contribution is 2.40. The number of carbonyl (C=O) groups excluding carboxylic acids is 4. The van der Waals surface area contributed by atoms with Gasteiger partial charge in [0.25, 0.3) is 0 Å². The number of nitrogens with one attached hydrogen (secondary N) is 4. The Kier molecular flexibility index (Phi) is 11.4. The van der Waals surface area contributed by atoms with Gasteiger partial charge in [-0.2, -0.15) is 0 Å². The minimum atomic E-state index is -0.800. The molecule has 0 fully saturated rings. The molecule has 1 aliphatic rings. The van der Waals surface area contributed by atoms with Crippen LogP contribution in [0.15, 0.2) is 46.4 Å². The SMILES string of the molecule is CC(C)(C)OC(=O)NC(=Nc1ccc2c(c1)Cc1cc(N=C(NC(=O)OC(C)(C)C)NC(=O)OC(C)(C)C)ccc1-2)NC(=O)OC(C)(C)C. The molecule has 266 valence electrons. The number of alkyl carbamates (subject to hydrolysis) is 4. The number of carbonyl (C=O) groups is 4. The summed E-state index contributed by atoms with van der Waals surface area (Å²) in [6.45, 7) is 20.6. The minimum absolute atomic E-state index is 0.168. The van der Waals surface area contributed by atoms with Crippen LogP contribution in [0.3, 0.4) is 0 Å². The zero-order valence-corrected chi connectivity index (χ0v) is 30.3. The smallest absolute Gasteiger partial charge is 0.414 e. The van der Waals surface area contributed by atoms with Crippen molar-refractivity contribution < 1.29 is 38.1 Å². The van der Waals surface area contributed by atoms with Gasteiger partial charge in [0.05, 0.1) is 11.4 Å². The average Bonchev–Trinajstić information content (AvgIpc) is 3.20. The first-order valence-electron chi connectivity index (χ1n) is 15.8. The Hall–Kier alpha value is -5.14. The van der Waals surface area contributed by atoms with Crippen LogP contribution in [0.2, 0.25) is 0 Å². The van der Waals surface area contributed by atoms with Crippen LogP contribution in [0.5, 0.6) is 0 Å². The first-order chi connectivity index (χ1) is 22.3. The van der Waals surface area contributed by atoms with E-state index in [9.17, 15) is 19.2 Å². The lowest BCUT2D eigenvalue weighted by Gasteiger charge is -2.22. The summed E-state index contributed by atoms with van der Waals surface area (Å²) in [5.74, 6) is -0.337. The summed E-state index contributed by atoms with van der Waals surface area (Å²) in [5, 5.41) is 9.94. The number of guanidine groups is 2. The van der Waals surface area contributed by atoms with Crippen molar-refractivity contribution in [2.45, 2.75) is 112 Å². The number of fused-ring (bicyclic) bond motifs is 3.